The van der Waals surface area contributed by atoms with Gasteiger partial charge in [0.2, 0.25) is 0 Å². The molecular formula is C6H9ClO2S. The average molecular weight is 181 g/mol. The second kappa shape index (κ2) is 3.78. The first-order chi connectivity index (χ1) is 4.52. The van der Waals surface area contributed by atoms with E-state index in [2.05, 4.69) is 0 Å². The molecule has 0 saturated heterocycles. The van der Waals surface area contributed by atoms with Crippen LogP contribution in [0.5, 0.6) is 0 Å². The topological polar surface area (TPSA) is 34.1 Å². The van der Waals surface area contributed by atoms with Gasteiger partial charge in [0.05, 0.1) is 4.91 Å². The number of hydrogen-bond donors (Lipinski definition) is 0. The largest absolute Gasteiger partial charge is 0.260 e. The first-order valence-corrected chi connectivity index (χ1v) is 5.07. The van der Waals surface area contributed by atoms with E-state index in [-0.39, 0.29) is 4.91 Å². The van der Waals surface area contributed by atoms with E-state index in [0.29, 0.717) is 0 Å². The maximum absolute atomic E-state index is 10.6. The van der Waals surface area contributed by atoms with Crippen LogP contribution in [0.1, 0.15) is 13.8 Å². The van der Waals surface area contributed by atoms with Crippen LogP contribution in [0.15, 0.2) is 23.1 Å². The standard InChI is InChI=1S/C6H9ClO2S/c1-3-5-6(4-2)10(7,8)9/h3-5H,1-2H3. The highest BCUT2D eigenvalue weighted by molar-refractivity contribution is 8.17. The number of allylic oxidation sites excluding steroid dienone is 3. The maximum Gasteiger partial charge on any atom is 0.260 e. The summed E-state index contributed by atoms with van der Waals surface area (Å²) in [7, 11) is 1.50. The number of rotatable bonds is 2. The molecule has 0 N–H and O–H groups in total. The summed E-state index contributed by atoms with van der Waals surface area (Å²) in [6, 6.07) is 0. The predicted molar refractivity (Wildman–Crippen MR) is 43.3 cm³/mol. The zero-order valence-corrected chi connectivity index (χ0v) is 7.41. The van der Waals surface area contributed by atoms with Gasteiger partial charge in [-0.3, -0.25) is 0 Å². The molecule has 0 atom stereocenters. The third-order valence-corrected chi connectivity index (χ3v) is 2.37. The molecule has 0 saturated carbocycles. The molecule has 0 rings (SSSR count). The van der Waals surface area contributed by atoms with Gasteiger partial charge in [-0.2, -0.15) is 0 Å². The minimum atomic E-state index is -3.53. The van der Waals surface area contributed by atoms with E-state index < -0.39 is 9.05 Å². The lowest BCUT2D eigenvalue weighted by Crippen LogP contribution is -1.89. The molecule has 58 valence electrons. The van der Waals surface area contributed by atoms with Crippen LogP contribution in [-0.4, -0.2) is 8.42 Å². The van der Waals surface area contributed by atoms with Crippen LogP contribution >= 0.6 is 10.7 Å². The molecule has 10 heavy (non-hydrogen) atoms. The van der Waals surface area contributed by atoms with Crippen molar-refractivity contribution in [1.82, 2.24) is 0 Å². The third-order valence-electron chi connectivity index (χ3n) is 0.897. The summed E-state index contributed by atoms with van der Waals surface area (Å²) >= 11 is 0. The Bertz CT molecular complexity index is 249. The van der Waals surface area contributed by atoms with Gasteiger partial charge in [0, 0.05) is 10.7 Å². The molecule has 0 aromatic carbocycles. The predicted octanol–water partition coefficient (Wildman–Crippen LogP) is 2.03. The van der Waals surface area contributed by atoms with E-state index in [1.54, 1.807) is 19.9 Å². The zero-order valence-electron chi connectivity index (χ0n) is 5.83. The van der Waals surface area contributed by atoms with Gasteiger partial charge in [-0.1, -0.05) is 12.2 Å². The summed E-state index contributed by atoms with van der Waals surface area (Å²) in [6.45, 7) is 3.35. The SMILES string of the molecule is CC=CC(=CC)S(=O)(=O)Cl. The third kappa shape index (κ3) is 3.03. The van der Waals surface area contributed by atoms with Crippen molar-refractivity contribution in [3.63, 3.8) is 0 Å². The second-order valence-electron chi connectivity index (χ2n) is 1.63. The lowest BCUT2D eigenvalue weighted by atomic mass is 10.4. The van der Waals surface area contributed by atoms with Gasteiger partial charge in [-0.05, 0) is 19.9 Å². The first-order valence-electron chi connectivity index (χ1n) is 2.76. The van der Waals surface area contributed by atoms with E-state index in [0.717, 1.165) is 0 Å². The quantitative estimate of drug-likeness (QED) is 0.482. The van der Waals surface area contributed by atoms with Crippen LogP contribution in [0.25, 0.3) is 0 Å². The molecule has 0 aliphatic rings. The van der Waals surface area contributed by atoms with E-state index in [1.165, 1.54) is 12.2 Å². The molecule has 0 radical (unpaired) electrons. The Labute approximate surface area is 65.6 Å². The lowest BCUT2D eigenvalue weighted by Gasteiger charge is -1.91. The highest BCUT2D eigenvalue weighted by Gasteiger charge is 2.07. The Kier molecular flexibility index (Phi) is 3.68. The van der Waals surface area contributed by atoms with Crippen molar-refractivity contribution in [2.75, 3.05) is 0 Å². The molecule has 0 aromatic rings. The number of hydrogen-bond acceptors (Lipinski definition) is 2. The number of halogens is 1. The van der Waals surface area contributed by atoms with Crippen molar-refractivity contribution in [2.24, 2.45) is 0 Å². The normalized spacial score (nSPS) is 14.5. The Balaban J connectivity index is 4.75. The Morgan fingerprint density at radius 3 is 2.00 bits per heavy atom. The zero-order chi connectivity index (χ0) is 8.20. The van der Waals surface area contributed by atoms with Crippen LogP contribution in [-0.2, 0) is 9.05 Å². The van der Waals surface area contributed by atoms with E-state index >= 15 is 0 Å². The summed E-state index contributed by atoms with van der Waals surface area (Å²) < 4.78 is 21.2. The van der Waals surface area contributed by atoms with E-state index in [9.17, 15) is 8.42 Å². The molecule has 4 heteroatoms. The fourth-order valence-corrected chi connectivity index (χ4v) is 1.48. The molecule has 0 amide bonds. The minimum absolute atomic E-state index is 0.136. The lowest BCUT2D eigenvalue weighted by molar-refractivity contribution is 0.615. The van der Waals surface area contributed by atoms with Crippen molar-refractivity contribution in [2.45, 2.75) is 13.8 Å². The van der Waals surface area contributed by atoms with Gasteiger partial charge >= 0.3 is 0 Å². The second-order valence-corrected chi connectivity index (χ2v) is 4.19. The van der Waals surface area contributed by atoms with Crippen LogP contribution in [0.2, 0.25) is 0 Å². The van der Waals surface area contributed by atoms with Gasteiger partial charge in [0.15, 0.2) is 0 Å². The van der Waals surface area contributed by atoms with Crippen LogP contribution < -0.4 is 0 Å². The van der Waals surface area contributed by atoms with Gasteiger partial charge < -0.3 is 0 Å². The van der Waals surface area contributed by atoms with Crippen LogP contribution in [0.3, 0.4) is 0 Å². The molecule has 0 aliphatic heterocycles. The smallest absolute Gasteiger partial charge is 0.207 e. The molecule has 0 bridgehead atoms. The van der Waals surface area contributed by atoms with Gasteiger partial charge in [-0.15, -0.1) is 0 Å². The van der Waals surface area contributed by atoms with Crippen molar-refractivity contribution in [1.29, 1.82) is 0 Å². The summed E-state index contributed by atoms with van der Waals surface area (Å²) in [5, 5.41) is 0. The minimum Gasteiger partial charge on any atom is -0.207 e. The van der Waals surface area contributed by atoms with Crippen molar-refractivity contribution in [3.05, 3.63) is 23.1 Å². The summed E-state index contributed by atoms with van der Waals surface area (Å²) in [6.07, 6.45) is 4.51. The fourth-order valence-electron chi connectivity index (χ4n) is 0.483. The Hall–Kier alpha value is -0.280. The molecule has 0 aromatic heterocycles. The summed E-state index contributed by atoms with van der Waals surface area (Å²) in [4.78, 5) is 0.136. The fraction of sp³-hybridized carbons (Fsp3) is 0.333. The van der Waals surface area contributed by atoms with Crippen LogP contribution in [0.4, 0.5) is 0 Å². The summed E-state index contributed by atoms with van der Waals surface area (Å²) in [5.74, 6) is 0. The molecule has 0 fully saturated rings. The highest BCUT2D eigenvalue weighted by atomic mass is 35.7. The first kappa shape index (κ1) is 9.72. The Morgan fingerprint density at radius 2 is 1.90 bits per heavy atom. The monoisotopic (exact) mass is 180 g/mol. The molecule has 0 spiro atoms. The maximum atomic E-state index is 10.6. The van der Waals surface area contributed by atoms with E-state index in [1.807, 2.05) is 0 Å². The Morgan fingerprint density at radius 1 is 1.40 bits per heavy atom. The summed E-state index contributed by atoms with van der Waals surface area (Å²) in [5.41, 5.74) is 0. The van der Waals surface area contributed by atoms with Crippen molar-refractivity contribution < 1.29 is 8.42 Å². The molecule has 0 unspecified atom stereocenters. The molecule has 0 heterocycles. The van der Waals surface area contributed by atoms with E-state index in [4.69, 9.17) is 10.7 Å². The van der Waals surface area contributed by atoms with Gasteiger partial charge in [-0.25, -0.2) is 8.42 Å². The van der Waals surface area contributed by atoms with Gasteiger partial charge in [0.1, 0.15) is 0 Å². The average Bonchev–Trinajstić information content (AvgIpc) is 1.80. The molecule has 2 nitrogen and oxygen atoms in total. The van der Waals surface area contributed by atoms with Crippen molar-refractivity contribution >= 4 is 19.7 Å². The highest BCUT2D eigenvalue weighted by Crippen LogP contribution is 2.12. The van der Waals surface area contributed by atoms with Crippen molar-refractivity contribution in [3.8, 4) is 0 Å². The molecular weight excluding hydrogens is 172 g/mol. The van der Waals surface area contributed by atoms with Gasteiger partial charge in [0.25, 0.3) is 9.05 Å². The van der Waals surface area contributed by atoms with Crippen LogP contribution in [0, 0.1) is 0 Å². The molecule has 0 aliphatic carbocycles.